The van der Waals surface area contributed by atoms with E-state index in [1.165, 1.54) is 12.1 Å². The fourth-order valence-corrected chi connectivity index (χ4v) is 4.02. The van der Waals surface area contributed by atoms with Gasteiger partial charge in [0.25, 0.3) is 0 Å². The molecule has 0 aliphatic heterocycles. The van der Waals surface area contributed by atoms with E-state index in [0.717, 1.165) is 20.9 Å². The lowest BCUT2D eigenvalue weighted by Crippen LogP contribution is -2.42. The molecule has 1 atom stereocenters. The van der Waals surface area contributed by atoms with Crippen molar-refractivity contribution in [3.05, 3.63) is 64.8 Å². The minimum atomic E-state index is -3.94. The lowest BCUT2D eigenvalue weighted by atomic mass is 10.1. The van der Waals surface area contributed by atoms with E-state index in [-0.39, 0.29) is 11.3 Å². The summed E-state index contributed by atoms with van der Waals surface area (Å²) < 4.78 is 27.9. The van der Waals surface area contributed by atoms with Crippen LogP contribution in [0, 0.1) is 0 Å². The van der Waals surface area contributed by atoms with Gasteiger partial charge in [0.05, 0.1) is 4.90 Å². The highest BCUT2D eigenvalue weighted by Crippen LogP contribution is 2.20. The molecule has 0 saturated heterocycles. The summed E-state index contributed by atoms with van der Waals surface area (Å²) in [6, 6.07) is 12.2. The average Bonchev–Trinajstić information content (AvgIpc) is 2.97. The highest BCUT2D eigenvalue weighted by atomic mass is 79.9. The second-order valence-electron chi connectivity index (χ2n) is 5.53. The number of aromatic nitrogens is 1. The van der Waals surface area contributed by atoms with Gasteiger partial charge in [-0.2, -0.15) is 4.72 Å². The van der Waals surface area contributed by atoms with Gasteiger partial charge in [0, 0.05) is 28.0 Å². The SMILES string of the molecule is O=C(O)[C@@H](Cc1c[nH]c2ccccc12)NS(=O)(=O)c1ccc(Br)cc1. The van der Waals surface area contributed by atoms with E-state index in [4.69, 9.17) is 0 Å². The zero-order valence-electron chi connectivity index (χ0n) is 12.9. The molecule has 3 aromatic rings. The van der Waals surface area contributed by atoms with E-state index < -0.39 is 22.0 Å². The van der Waals surface area contributed by atoms with Crippen molar-refractivity contribution in [2.45, 2.75) is 17.4 Å². The first-order valence-electron chi connectivity index (χ1n) is 7.42. The lowest BCUT2D eigenvalue weighted by Gasteiger charge is -2.14. The molecule has 0 bridgehead atoms. The van der Waals surface area contributed by atoms with Gasteiger partial charge in [0.2, 0.25) is 10.0 Å². The van der Waals surface area contributed by atoms with Gasteiger partial charge in [-0.15, -0.1) is 0 Å². The van der Waals surface area contributed by atoms with Crippen LogP contribution in [0.3, 0.4) is 0 Å². The number of aromatic amines is 1. The standard InChI is InChI=1S/C17H15BrN2O4S/c18-12-5-7-13(8-6-12)25(23,24)20-16(17(21)22)9-11-10-19-15-4-2-1-3-14(11)15/h1-8,10,16,19-20H,9H2,(H,21,22)/t16-/m1/s1. The summed E-state index contributed by atoms with van der Waals surface area (Å²) in [7, 11) is -3.94. The summed E-state index contributed by atoms with van der Waals surface area (Å²) in [6.07, 6.45) is 1.74. The van der Waals surface area contributed by atoms with E-state index in [0.29, 0.717) is 0 Å². The van der Waals surface area contributed by atoms with Crippen molar-refractivity contribution in [3.8, 4) is 0 Å². The number of hydrogen-bond acceptors (Lipinski definition) is 3. The number of para-hydroxylation sites is 1. The van der Waals surface area contributed by atoms with E-state index in [9.17, 15) is 18.3 Å². The fraction of sp³-hybridized carbons (Fsp3) is 0.118. The van der Waals surface area contributed by atoms with Crippen LogP contribution in [0.25, 0.3) is 10.9 Å². The molecule has 1 heterocycles. The topological polar surface area (TPSA) is 99.3 Å². The summed E-state index contributed by atoms with van der Waals surface area (Å²) in [5, 5.41) is 10.3. The fourth-order valence-electron chi connectivity index (χ4n) is 2.57. The van der Waals surface area contributed by atoms with Gasteiger partial charge in [0.1, 0.15) is 6.04 Å². The molecule has 130 valence electrons. The first-order chi connectivity index (χ1) is 11.9. The number of aliphatic carboxylic acids is 1. The predicted octanol–water partition coefficient (Wildman–Crippen LogP) is 2.90. The molecule has 0 unspecified atom stereocenters. The summed E-state index contributed by atoms with van der Waals surface area (Å²) in [4.78, 5) is 14.7. The smallest absolute Gasteiger partial charge is 0.322 e. The largest absolute Gasteiger partial charge is 0.480 e. The Kier molecular flexibility index (Phi) is 4.94. The maximum Gasteiger partial charge on any atom is 0.322 e. The molecule has 1 aromatic heterocycles. The number of carbonyl (C=O) groups is 1. The van der Waals surface area contributed by atoms with Crippen molar-refractivity contribution in [2.24, 2.45) is 0 Å². The lowest BCUT2D eigenvalue weighted by molar-refractivity contribution is -0.138. The third-order valence-electron chi connectivity index (χ3n) is 3.82. The Balaban J connectivity index is 1.86. The zero-order valence-corrected chi connectivity index (χ0v) is 15.3. The van der Waals surface area contributed by atoms with Crippen molar-refractivity contribution in [1.82, 2.24) is 9.71 Å². The number of sulfonamides is 1. The molecule has 0 aliphatic carbocycles. The van der Waals surface area contributed by atoms with Crippen LogP contribution < -0.4 is 4.72 Å². The number of carboxylic acids is 1. The van der Waals surface area contributed by atoms with E-state index in [2.05, 4.69) is 25.6 Å². The minimum absolute atomic E-state index is 0.0147. The second-order valence-corrected chi connectivity index (χ2v) is 8.16. The molecule has 0 radical (unpaired) electrons. The summed E-state index contributed by atoms with van der Waals surface area (Å²) in [5.41, 5.74) is 1.61. The second kappa shape index (κ2) is 6.99. The van der Waals surface area contributed by atoms with Crippen molar-refractivity contribution in [1.29, 1.82) is 0 Å². The Bertz CT molecular complexity index is 1010. The maximum atomic E-state index is 12.5. The third kappa shape index (κ3) is 3.92. The van der Waals surface area contributed by atoms with Crippen LogP contribution >= 0.6 is 15.9 Å². The molecular formula is C17H15BrN2O4S. The molecule has 8 heteroatoms. The molecule has 25 heavy (non-hydrogen) atoms. The monoisotopic (exact) mass is 422 g/mol. The van der Waals surface area contributed by atoms with E-state index >= 15 is 0 Å². The number of carboxylic acid groups (broad SMARTS) is 1. The number of halogens is 1. The first-order valence-corrected chi connectivity index (χ1v) is 9.70. The molecular weight excluding hydrogens is 408 g/mol. The van der Waals surface area contributed by atoms with Crippen molar-refractivity contribution >= 4 is 42.8 Å². The van der Waals surface area contributed by atoms with E-state index in [1.54, 1.807) is 18.3 Å². The Morgan fingerprint density at radius 2 is 1.84 bits per heavy atom. The minimum Gasteiger partial charge on any atom is -0.480 e. The molecule has 6 nitrogen and oxygen atoms in total. The summed E-state index contributed by atoms with van der Waals surface area (Å²) in [5.74, 6) is -1.23. The number of H-pyrrole nitrogens is 1. The zero-order chi connectivity index (χ0) is 18.0. The Morgan fingerprint density at radius 3 is 2.52 bits per heavy atom. The van der Waals surface area contributed by atoms with Gasteiger partial charge in [-0.25, -0.2) is 8.42 Å². The number of benzene rings is 2. The molecule has 2 aromatic carbocycles. The van der Waals surface area contributed by atoms with Crippen LogP contribution in [0.5, 0.6) is 0 Å². The molecule has 0 aliphatic rings. The molecule has 3 rings (SSSR count). The average molecular weight is 423 g/mol. The Morgan fingerprint density at radius 1 is 1.16 bits per heavy atom. The van der Waals surface area contributed by atoms with Gasteiger partial charge in [-0.1, -0.05) is 34.1 Å². The number of hydrogen-bond donors (Lipinski definition) is 3. The quantitative estimate of drug-likeness (QED) is 0.568. The summed E-state index contributed by atoms with van der Waals surface area (Å²) >= 11 is 3.24. The molecule has 0 amide bonds. The molecule has 0 spiro atoms. The van der Waals surface area contributed by atoms with Crippen molar-refractivity contribution in [3.63, 3.8) is 0 Å². The molecule has 0 fully saturated rings. The summed E-state index contributed by atoms with van der Waals surface area (Å²) in [6.45, 7) is 0. The Hall–Kier alpha value is -2.16. The van der Waals surface area contributed by atoms with E-state index in [1.807, 2.05) is 24.3 Å². The van der Waals surface area contributed by atoms with Crippen molar-refractivity contribution in [2.75, 3.05) is 0 Å². The third-order valence-corrected chi connectivity index (χ3v) is 5.83. The normalized spacial score (nSPS) is 13.0. The van der Waals surface area contributed by atoms with Gasteiger partial charge < -0.3 is 10.1 Å². The van der Waals surface area contributed by atoms with Crippen LogP contribution in [0.2, 0.25) is 0 Å². The molecule has 3 N–H and O–H groups in total. The van der Waals surface area contributed by atoms with Crippen LogP contribution in [-0.2, 0) is 21.2 Å². The highest BCUT2D eigenvalue weighted by molar-refractivity contribution is 9.10. The van der Waals surface area contributed by atoms with Crippen LogP contribution in [-0.4, -0.2) is 30.5 Å². The first kappa shape index (κ1) is 17.7. The molecule has 0 saturated carbocycles. The highest BCUT2D eigenvalue weighted by Gasteiger charge is 2.26. The maximum absolute atomic E-state index is 12.5. The number of fused-ring (bicyclic) bond motifs is 1. The van der Waals surface area contributed by atoms with Gasteiger partial charge >= 0.3 is 5.97 Å². The van der Waals surface area contributed by atoms with Crippen LogP contribution in [0.15, 0.2) is 64.1 Å². The van der Waals surface area contributed by atoms with Gasteiger partial charge in [-0.3, -0.25) is 4.79 Å². The van der Waals surface area contributed by atoms with Crippen LogP contribution in [0.4, 0.5) is 0 Å². The Labute approximate surface area is 153 Å². The van der Waals surface area contributed by atoms with Gasteiger partial charge in [-0.05, 0) is 35.9 Å². The van der Waals surface area contributed by atoms with Crippen LogP contribution in [0.1, 0.15) is 5.56 Å². The van der Waals surface area contributed by atoms with Crippen molar-refractivity contribution < 1.29 is 18.3 Å². The van der Waals surface area contributed by atoms with Gasteiger partial charge in [0.15, 0.2) is 0 Å². The number of nitrogens with one attached hydrogen (secondary N) is 2. The number of rotatable bonds is 6. The predicted molar refractivity (Wildman–Crippen MR) is 97.9 cm³/mol.